The summed E-state index contributed by atoms with van der Waals surface area (Å²) in [5, 5.41) is 3.32. The van der Waals surface area contributed by atoms with E-state index in [1.807, 2.05) is 30.9 Å². The van der Waals surface area contributed by atoms with Crippen molar-refractivity contribution in [2.75, 3.05) is 10.2 Å². The van der Waals surface area contributed by atoms with E-state index in [2.05, 4.69) is 36.2 Å². The number of carbonyl (C=O) groups excluding carboxylic acids is 1. The van der Waals surface area contributed by atoms with Gasteiger partial charge in [-0.1, -0.05) is 6.07 Å². The van der Waals surface area contributed by atoms with Gasteiger partial charge in [0.1, 0.15) is 5.82 Å². The Morgan fingerprint density at radius 2 is 1.96 bits per heavy atom. The molecule has 1 amide bonds. The van der Waals surface area contributed by atoms with Gasteiger partial charge >= 0.3 is 0 Å². The van der Waals surface area contributed by atoms with Crippen molar-refractivity contribution in [3.63, 3.8) is 0 Å². The van der Waals surface area contributed by atoms with E-state index >= 15 is 0 Å². The highest BCUT2D eigenvalue weighted by atomic mass is 79.9. The Balaban J connectivity index is 1.47. The lowest BCUT2D eigenvalue weighted by Gasteiger charge is -2.41. The molecule has 4 rings (SSSR count). The Morgan fingerprint density at radius 1 is 1.25 bits per heavy atom. The summed E-state index contributed by atoms with van der Waals surface area (Å²) in [5.41, 5.74) is 0.513. The summed E-state index contributed by atoms with van der Waals surface area (Å²) < 4.78 is 0.854. The zero-order chi connectivity index (χ0) is 16.9. The molecule has 2 aromatic rings. The number of halogens is 1. The molecule has 7 heteroatoms. The number of nitrogens with zero attached hydrogens (tertiary/aromatic N) is 4. The minimum atomic E-state index is -0.503. The SMILES string of the molecule is CC1(C)C(=O)N([C@H]2C[C@H](Nc3ncc(Br)cn3)C2)c2ncccc21. The minimum Gasteiger partial charge on any atom is -0.351 e. The normalized spacial score (nSPS) is 24.5. The number of amides is 1. The fourth-order valence-electron chi connectivity index (χ4n) is 3.41. The highest BCUT2D eigenvalue weighted by molar-refractivity contribution is 9.10. The van der Waals surface area contributed by atoms with Crippen molar-refractivity contribution in [2.24, 2.45) is 0 Å². The number of pyridine rings is 1. The van der Waals surface area contributed by atoms with Gasteiger partial charge in [0, 0.05) is 36.2 Å². The molecule has 2 aliphatic rings. The summed E-state index contributed by atoms with van der Waals surface area (Å²) in [6.07, 6.45) is 6.94. The summed E-state index contributed by atoms with van der Waals surface area (Å²) in [6.45, 7) is 3.94. The van der Waals surface area contributed by atoms with Crippen LogP contribution in [0.4, 0.5) is 11.8 Å². The molecule has 0 atom stereocenters. The third kappa shape index (κ3) is 2.38. The number of rotatable bonds is 3. The van der Waals surface area contributed by atoms with Crippen molar-refractivity contribution < 1.29 is 4.79 Å². The number of fused-ring (bicyclic) bond motifs is 1. The highest BCUT2D eigenvalue weighted by Crippen LogP contribution is 2.44. The molecule has 124 valence electrons. The number of aromatic nitrogens is 3. The summed E-state index contributed by atoms with van der Waals surface area (Å²) >= 11 is 3.33. The van der Waals surface area contributed by atoms with E-state index in [0.717, 1.165) is 28.7 Å². The van der Waals surface area contributed by atoms with Crippen molar-refractivity contribution in [1.29, 1.82) is 0 Å². The molecule has 0 spiro atoms. The van der Waals surface area contributed by atoms with Gasteiger partial charge in [0.05, 0.1) is 9.89 Å². The zero-order valence-electron chi connectivity index (χ0n) is 13.5. The molecule has 1 aliphatic heterocycles. The number of hydrogen-bond acceptors (Lipinski definition) is 5. The molecule has 2 aromatic heterocycles. The predicted octanol–water partition coefficient (Wildman–Crippen LogP) is 2.90. The fourth-order valence-corrected chi connectivity index (χ4v) is 3.62. The molecule has 24 heavy (non-hydrogen) atoms. The lowest BCUT2D eigenvalue weighted by Crippen LogP contribution is -2.53. The second kappa shape index (κ2) is 5.51. The summed E-state index contributed by atoms with van der Waals surface area (Å²) in [4.78, 5) is 27.7. The molecular weight excluding hydrogens is 370 g/mol. The Kier molecular flexibility index (Phi) is 3.56. The monoisotopic (exact) mass is 387 g/mol. The molecule has 1 aliphatic carbocycles. The van der Waals surface area contributed by atoms with Gasteiger partial charge in [-0.2, -0.15) is 0 Å². The van der Waals surface area contributed by atoms with E-state index < -0.39 is 5.41 Å². The van der Waals surface area contributed by atoms with E-state index in [4.69, 9.17) is 0 Å². The van der Waals surface area contributed by atoms with Crippen LogP contribution in [0.25, 0.3) is 0 Å². The largest absolute Gasteiger partial charge is 0.351 e. The molecule has 0 radical (unpaired) electrons. The summed E-state index contributed by atoms with van der Waals surface area (Å²) in [5.74, 6) is 1.57. The Hall–Kier alpha value is -2.02. The molecule has 0 aromatic carbocycles. The van der Waals surface area contributed by atoms with Crippen molar-refractivity contribution in [1.82, 2.24) is 15.0 Å². The van der Waals surface area contributed by atoms with Crippen LogP contribution >= 0.6 is 15.9 Å². The van der Waals surface area contributed by atoms with Crippen LogP contribution in [0.1, 0.15) is 32.3 Å². The topological polar surface area (TPSA) is 71.0 Å². The number of nitrogens with one attached hydrogen (secondary N) is 1. The molecule has 6 nitrogen and oxygen atoms in total. The number of hydrogen-bond donors (Lipinski definition) is 1. The van der Waals surface area contributed by atoms with Crippen LogP contribution in [0.5, 0.6) is 0 Å². The van der Waals surface area contributed by atoms with Gasteiger partial charge in [0.25, 0.3) is 0 Å². The maximum absolute atomic E-state index is 12.9. The van der Waals surface area contributed by atoms with Gasteiger partial charge in [0.2, 0.25) is 11.9 Å². The van der Waals surface area contributed by atoms with Gasteiger partial charge in [0.15, 0.2) is 0 Å². The van der Waals surface area contributed by atoms with Gasteiger partial charge in [-0.05, 0) is 48.7 Å². The van der Waals surface area contributed by atoms with Crippen LogP contribution in [0, 0.1) is 0 Å². The second-order valence-electron chi connectivity index (χ2n) is 6.87. The van der Waals surface area contributed by atoms with E-state index in [1.165, 1.54) is 0 Å². The molecule has 0 unspecified atom stereocenters. The Morgan fingerprint density at radius 3 is 2.67 bits per heavy atom. The van der Waals surface area contributed by atoms with Crippen LogP contribution < -0.4 is 10.2 Å². The fraction of sp³-hybridized carbons (Fsp3) is 0.412. The van der Waals surface area contributed by atoms with E-state index in [9.17, 15) is 4.79 Å². The Bertz CT molecular complexity index is 786. The number of carbonyl (C=O) groups is 1. The molecular formula is C17H18BrN5O. The Labute approximate surface area is 148 Å². The lowest BCUT2D eigenvalue weighted by molar-refractivity contribution is -0.122. The van der Waals surface area contributed by atoms with E-state index in [-0.39, 0.29) is 18.0 Å². The first-order chi connectivity index (χ1) is 11.5. The van der Waals surface area contributed by atoms with Gasteiger partial charge in [-0.25, -0.2) is 15.0 Å². The summed E-state index contributed by atoms with van der Waals surface area (Å²) in [6, 6.07) is 4.36. The van der Waals surface area contributed by atoms with Crippen molar-refractivity contribution in [2.45, 2.75) is 44.2 Å². The van der Waals surface area contributed by atoms with Crippen molar-refractivity contribution in [3.8, 4) is 0 Å². The summed E-state index contributed by atoms with van der Waals surface area (Å²) in [7, 11) is 0. The quantitative estimate of drug-likeness (QED) is 0.876. The van der Waals surface area contributed by atoms with E-state index in [1.54, 1.807) is 18.6 Å². The highest BCUT2D eigenvalue weighted by Gasteiger charge is 2.50. The maximum Gasteiger partial charge on any atom is 0.238 e. The lowest BCUT2D eigenvalue weighted by atomic mass is 9.84. The van der Waals surface area contributed by atoms with Gasteiger partial charge in [-0.3, -0.25) is 9.69 Å². The predicted molar refractivity (Wildman–Crippen MR) is 94.9 cm³/mol. The first-order valence-corrected chi connectivity index (χ1v) is 8.79. The molecule has 3 heterocycles. The third-order valence-electron chi connectivity index (χ3n) is 4.87. The second-order valence-corrected chi connectivity index (χ2v) is 7.78. The first-order valence-electron chi connectivity index (χ1n) is 8.00. The van der Waals surface area contributed by atoms with Crippen molar-refractivity contribution >= 4 is 33.6 Å². The standard InChI is InChI=1S/C17H18BrN5O/c1-17(2)13-4-3-5-19-14(13)23(15(17)24)12-6-11(7-12)22-16-20-8-10(18)9-21-16/h3-5,8-9,11-12H,6-7H2,1-2H3,(H,20,21,22)/t11-,12-. The average molecular weight is 388 g/mol. The van der Waals surface area contributed by atoms with Crippen LogP contribution in [-0.2, 0) is 10.2 Å². The van der Waals surface area contributed by atoms with Crippen LogP contribution in [0.15, 0.2) is 35.2 Å². The van der Waals surface area contributed by atoms with E-state index in [0.29, 0.717) is 5.95 Å². The molecule has 1 saturated carbocycles. The van der Waals surface area contributed by atoms with Crippen LogP contribution in [-0.4, -0.2) is 32.9 Å². The van der Waals surface area contributed by atoms with Gasteiger partial charge in [-0.15, -0.1) is 0 Å². The first kappa shape index (κ1) is 15.5. The molecule has 0 saturated heterocycles. The molecule has 1 N–H and O–H groups in total. The smallest absolute Gasteiger partial charge is 0.238 e. The number of anilines is 2. The third-order valence-corrected chi connectivity index (χ3v) is 5.28. The van der Waals surface area contributed by atoms with Gasteiger partial charge < -0.3 is 5.32 Å². The van der Waals surface area contributed by atoms with Crippen LogP contribution in [0.2, 0.25) is 0 Å². The molecule has 1 fully saturated rings. The average Bonchev–Trinajstić information content (AvgIpc) is 2.73. The minimum absolute atomic E-state index is 0.138. The maximum atomic E-state index is 12.9. The molecule has 0 bridgehead atoms. The zero-order valence-corrected chi connectivity index (χ0v) is 15.1. The van der Waals surface area contributed by atoms with Crippen molar-refractivity contribution in [3.05, 3.63) is 40.8 Å². The van der Waals surface area contributed by atoms with Crippen LogP contribution in [0.3, 0.4) is 0 Å².